The molecule has 0 heterocycles. The number of phenolic OH excluding ortho intramolecular Hbond substituents is 1. The van der Waals surface area contributed by atoms with Gasteiger partial charge >= 0.3 is 0 Å². The predicted molar refractivity (Wildman–Crippen MR) is 102 cm³/mol. The lowest BCUT2D eigenvalue weighted by Crippen LogP contribution is -2.30. The molecule has 0 bridgehead atoms. The molecule has 0 spiro atoms. The zero-order chi connectivity index (χ0) is 18.3. The average molecular weight is 389 g/mol. The fourth-order valence-corrected chi connectivity index (χ4v) is 2.52. The molecule has 0 unspecified atom stereocenters. The summed E-state index contributed by atoms with van der Waals surface area (Å²) in [6, 6.07) is 10.6. The SMILES string of the molecule is CCN(CC)C(=O)c1cccc(C)c1.Oc1ccc(Cl)c(Cl)c1Cl. The third-order valence-corrected chi connectivity index (χ3v) is 4.61. The lowest BCUT2D eigenvalue weighted by atomic mass is 10.1. The van der Waals surface area contributed by atoms with Gasteiger partial charge in [0.1, 0.15) is 10.8 Å². The normalized spacial score (nSPS) is 9.92. The van der Waals surface area contributed by atoms with Gasteiger partial charge in [-0.15, -0.1) is 0 Å². The van der Waals surface area contributed by atoms with Crippen LogP contribution in [0, 0.1) is 6.92 Å². The molecule has 130 valence electrons. The molecule has 0 aromatic heterocycles. The Morgan fingerprint density at radius 1 is 1.04 bits per heavy atom. The van der Waals surface area contributed by atoms with Gasteiger partial charge < -0.3 is 10.0 Å². The van der Waals surface area contributed by atoms with Gasteiger partial charge in [-0.1, -0.05) is 52.5 Å². The summed E-state index contributed by atoms with van der Waals surface area (Å²) in [5.74, 6) is 0.0646. The van der Waals surface area contributed by atoms with E-state index in [0.717, 1.165) is 24.2 Å². The van der Waals surface area contributed by atoms with Crippen LogP contribution in [-0.4, -0.2) is 29.0 Å². The Bertz CT molecular complexity index is 674. The minimum atomic E-state index is -0.0592. The van der Waals surface area contributed by atoms with Crippen LogP contribution >= 0.6 is 34.8 Å². The van der Waals surface area contributed by atoms with Crippen LogP contribution in [0.3, 0.4) is 0 Å². The monoisotopic (exact) mass is 387 g/mol. The number of carbonyl (C=O) groups excluding carboxylic acids is 1. The van der Waals surface area contributed by atoms with E-state index in [2.05, 4.69) is 0 Å². The third-order valence-electron chi connectivity index (χ3n) is 3.33. The highest BCUT2D eigenvalue weighted by atomic mass is 35.5. The zero-order valence-electron chi connectivity index (χ0n) is 13.8. The van der Waals surface area contributed by atoms with Gasteiger partial charge in [0.05, 0.1) is 10.0 Å². The van der Waals surface area contributed by atoms with Gasteiger partial charge in [0.25, 0.3) is 5.91 Å². The largest absolute Gasteiger partial charge is 0.506 e. The Balaban J connectivity index is 0.000000254. The minimum Gasteiger partial charge on any atom is -0.506 e. The number of aryl methyl sites for hydroxylation is 1. The summed E-state index contributed by atoms with van der Waals surface area (Å²) in [6.07, 6.45) is 0. The van der Waals surface area contributed by atoms with Crippen molar-refractivity contribution in [3.05, 3.63) is 62.6 Å². The number of benzene rings is 2. The van der Waals surface area contributed by atoms with Gasteiger partial charge in [-0.2, -0.15) is 0 Å². The summed E-state index contributed by atoms with van der Waals surface area (Å²) in [6.45, 7) is 7.53. The maximum atomic E-state index is 11.9. The van der Waals surface area contributed by atoms with E-state index in [1.165, 1.54) is 12.1 Å². The van der Waals surface area contributed by atoms with Gasteiger partial charge in [0.2, 0.25) is 0 Å². The molecular weight excluding hydrogens is 369 g/mol. The van der Waals surface area contributed by atoms with Crippen molar-refractivity contribution in [2.45, 2.75) is 20.8 Å². The number of rotatable bonds is 3. The Labute approximate surface area is 157 Å². The molecule has 1 N–H and O–H groups in total. The van der Waals surface area contributed by atoms with E-state index in [4.69, 9.17) is 39.9 Å². The predicted octanol–water partition coefficient (Wildman–Crippen LogP) is 5.83. The highest BCUT2D eigenvalue weighted by Gasteiger charge is 2.11. The van der Waals surface area contributed by atoms with Crippen molar-refractivity contribution in [3.63, 3.8) is 0 Å². The van der Waals surface area contributed by atoms with Crippen molar-refractivity contribution >= 4 is 40.7 Å². The van der Waals surface area contributed by atoms with Crippen molar-refractivity contribution in [3.8, 4) is 5.75 Å². The molecule has 0 saturated heterocycles. The first-order chi connectivity index (χ1) is 11.3. The van der Waals surface area contributed by atoms with Crippen molar-refractivity contribution in [1.29, 1.82) is 0 Å². The van der Waals surface area contributed by atoms with E-state index >= 15 is 0 Å². The van der Waals surface area contributed by atoms with E-state index in [1.54, 1.807) is 0 Å². The highest BCUT2D eigenvalue weighted by Crippen LogP contribution is 2.35. The number of amides is 1. The summed E-state index contributed by atoms with van der Waals surface area (Å²) < 4.78 is 0. The zero-order valence-corrected chi connectivity index (χ0v) is 16.1. The number of hydrogen-bond acceptors (Lipinski definition) is 2. The van der Waals surface area contributed by atoms with Gasteiger partial charge in [-0.25, -0.2) is 0 Å². The molecule has 1 amide bonds. The lowest BCUT2D eigenvalue weighted by molar-refractivity contribution is 0.0773. The molecule has 24 heavy (non-hydrogen) atoms. The van der Waals surface area contributed by atoms with Gasteiger partial charge in [0, 0.05) is 18.7 Å². The van der Waals surface area contributed by atoms with Crippen molar-refractivity contribution in [1.82, 2.24) is 4.90 Å². The number of halogens is 3. The molecule has 2 rings (SSSR count). The molecule has 0 aliphatic heterocycles. The third kappa shape index (κ3) is 5.59. The second-order valence-electron chi connectivity index (χ2n) is 5.04. The molecule has 2 aromatic rings. The molecule has 0 aliphatic rings. The fraction of sp³-hybridized carbons (Fsp3) is 0.278. The number of aromatic hydroxyl groups is 1. The summed E-state index contributed by atoms with van der Waals surface area (Å²) >= 11 is 16.6. The Hall–Kier alpha value is -1.42. The first-order valence-corrected chi connectivity index (χ1v) is 8.63. The van der Waals surface area contributed by atoms with Crippen LogP contribution in [0.4, 0.5) is 0 Å². The summed E-state index contributed by atoms with van der Waals surface area (Å²) in [4.78, 5) is 13.7. The highest BCUT2D eigenvalue weighted by molar-refractivity contribution is 6.48. The van der Waals surface area contributed by atoms with Crippen LogP contribution in [0.15, 0.2) is 36.4 Å². The Kier molecular flexibility index (Phi) is 8.40. The number of hydrogen-bond donors (Lipinski definition) is 1. The van der Waals surface area contributed by atoms with E-state index in [1.807, 2.05) is 49.9 Å². The van der Waals surface area contributed by atoms with Crippen LogP contribution in [0.2, 0.25) is 15.1 Å². The van der Waals surface area contributed by atoms with Gasteiger partial charge in [-0.3, -0.25) is 4.79 Å². The van der Waals surface area contributed by atoms with Crippen LogP contribution in [0.5, 0.6) is 5.75 Å². The van der Waals surface area contributed by atoms with Crippen LogP contribution in [0.1, 0.15) is 29.8 Å². The lowest BCUT2D eigenvalue weighted by Gasteiger charge is -2.18. The van der Waals surface area contributed by atoms with Gasteiger partial charge in [-0.05, 0) is 45.0 Å². The number of carbonyl (C=O) groups is 1. The summed E-state index contributed by atoms with van der Waals surface area (Å²) in [5.41, 5.74) is 1.91. The number of phenols is 1. The maximum Gasteiger partial charge on any atom is 0.253 e. The van der Waals surface area contributed by atoms with Crippen LogP contribution < -0.4 is 0 Å². The standard InChI is InChI=1S/C12H17NO.C6H3Cl3O/c1-4-13(5-2)12(14)11-8-6-7-10(3)9-11;7-3-1-2-4(10)6(9)5(3)8/h6-9H,4-5H2,1-3H3;1-2,10H. The first-order valence-electron chi connectivity index (χ1n) is 7.50. The molecule has 3 nitrogen and oxygen atoms in total. The fourth-order valence-electron chi connectivity index (χ4n) is 1.99. The van der Waals surface area contributed by atoms with Crippen LogP contribution in [-0.2, 0) is 0 Å². The summed E-state index contributed by atoms with van der Waals surface area (Å²) in [7, 11) is 0. The molecule has 0 atom stereocenters. The Morgan fingerprint density at radius 2 is 1.67 bits per heavy atom. The van der Waals surface area contributed by atoms with Crippen molar-refractivity contribution in [2.24, 2.45) is 0 Å². The Morgan fingerprint density at radius 3 is 2.17 bits per heavy atom. The van der Waals surface area contributed by atoms with E-state index in [9.17, 15) is 4.79 Å². The van der Waals surface area contributed by atoms with Gasteiger partial charge in [0.15, 0.2) is 0 Å². The summed E-state index contributed by atoms with van der Waals surface area (Å²) in [5, 5.41) is 9.56. The smallest absolute Gasteiger partial charge is 0.253 e. The minimum absolute atomic E-state index is 0.0592. The number of nitrogens with zero attached hydrogens (tertiary/aromatic N) is 1. The van der Waals surface area contributed by atoms with Crippen LogP contribution in [0.25, 0.3) is 0 Å². The van der Waals surface area contributed by atoms with E-state index in [-0.39, 0.29) is 21.7 Å². The quantitative estimate of drug-likeness (QED) is 0.672. The molecule has 0 radical (unpaired) electrons. The van der Waals surface area contributed by atoms with Crippen molar-refractivity contribution in [2.75, 3.05) is 13.1 Å². The topological polar surface area (TPSA) is 40.5 Å². The first kappa shape index (κ1) is 20.6. The van der Waals surface area contributed by atoms with E-state index < -0.39 is 0 Å². The maximum absolute atomic E-state index is 11.9. The molecule has 0 aliphatic carbocycles. The molecular formula is C18H20Cl3NO2. The molecule has 6 heteroatoms. The molecule has 0 saturated carbocycles. The second kappa shape index (κ2) is 9.77. The van der Waals surface area contributed by atoms with E-state index in [0.29, 0.717) is 5.02 Å². The molecule has 2 aromatic carbocycles. The second-order valence-corrected chi connectivity index (χ2v) is 6.20. The van der Waals surface area contributed by atoms with Crippen molar-refractivity contribution < 1.29 is 9.90 Å². The molecule has 0 fully saturated rings. The average Bonchev–Trinajstić information content (AvgIpc) is 2.58.